The average molecular weight is 337 g/mol. The smallest absolute Gasteiger partial charge is 0.246 e. The number of amides is 2. The Labute approximate surface area is 142 Å². The number of nitrogens with one attached hydrogen (secondary N) is 1. The van der Waals surface area contributed by atoms with Crippen LogP contribution >= 0.6 is 11.8 Å². The Morgan fingerprint density at radius 3 is 2.57 bits per heavy atom. The van der Waals surface area contributed by atoms with Crippen LogP contribution in [-0.2, 0) is 9.59 Å². The van der Waals surface area contributed by atoms with Crippen LogP contribution in [0.3, 0.4) is 0 Å². The molecule has 3 aliphatic heterocycles. The van der Waals surface area contributed by atoms with E-state index in [2.05, 4.69) is 5.32 Å². The van der Waals surface area contributed by atoms with Crippen molar-refractivity contribution in [3.05, 3.63) is 0 Å². The van der Waals surface area contributed by atoms with Gasteiger partial charge >= 0.3 is 0 Å². The Morgan fingerprint density at radius 1 is 0.957 bits per heavy atom. The molecule has 5 nitrogen and oxygen atoms in total. The first-order valence-electron chi connectivity index (χ1n) is 9.15. The number of carbonyl (C=O) groups is 2. The lowest BCUT2D eigenvalue weighted by atomic mass is 10.0. The molecule has 3 atom stereocenters. The molecule has 6 heteroatoms. The Kier molecular flexibility index (Phi) is 4.54. The molecule has 3 heterocycles. The summed E-state index contributed by atoms with van der Waals surface area (Å²) in [5, 5.41) is 3.63. The van der Waals surface area contributed by atoms with E-state index in [4.69, 9.17) is 0 Å². The quantitative estimate of drug-likeness (QED) is 0.828. The predicted molar refractivity (Wildman–Crippen MR) is 91.1 cm³/mol. The van der Waals surface area contributed by atoms with Gasteiger partial charge in [0.15, 0.2) is 0 Å². The van der Waals surface area contributed by atoms with Gasteiger partial charge in [-0.15, -0.1) is 11.8 Å². The van der Waals surface area contributed by atoms with Gasteiger partial charge in [0.2, 0.25) is 11.8 Å². The first-order valence-corrected chi connectivity index (χ1v) is 10.3. The minimum absolute atomic E-state index is 0.172. The normalized spacial score (nSPS) is 34.9. The maximum atomic E-state index is 13.1. The predicted octanol–water partition coefficient (Wildman–Crippen LogP) is 1.43. The summed E-state index contributed by atoms with van der Waals surface area (Å²) in [5.41, 5.74) is 0. The van der Waals surface area contributed by atoms with Crippen LogP contribution in [0.15, 0.2) is 0 Å². The minimum Gasteiger partial charge on any atom is -0.339 e. The second-order valence-corrected chi connectivity index (χ2v) is 8.52. The molecular weight excluding hydrogens is 310 g/mol. The Balaban J connectivity index is 1.43. The van der Waals surface area contributed by atoms with Gasteiger partial charge in [0.25, 0.3) is 0 Å². The lowest BCUT2D eigenvalue weighted by Gasteiger charge is -2.31. The van der Waals surface area contributed by atoms with Gasteiger partial charge in [-0.3, -0.25) is 9.59 Å². The number of thioether (sulfide) groups is 1. The Bertz CT molecular complexity index is 480. The number of hydrogen-bond acceptors (Lipinski definition) is 4. The van der Waals surface area contributed by atoms with E-state index in [1.807, 2.05) is 9.80 Å². The molecule has 1 aliphatic carbocycles. The highest BCUT2D eigenvalue weighted by Crippen LogP contribution is 2.32. The van der Waals surface area contributed by atoms with Crippen molar-refractivity contribution in [1.82, 2.24) is 15.1 Å². The molecule has 0 aromatic heterocycles. The van der Waals surface area contributed by atoms with E-state index in [0.717, 1.165) is 50.9 Å². The van der Waals surface area contributed by atoms with E-state index in [9.17, 15) is 9.59 Å². The van der Waals surface area contributed by atoms with Gasteiger partial charge in [0.1, 0.15) is 6.04 Å². The molecule has 0 aromatic carbocycles. The van der Waals surface area contributed by atoms with Crippen LogP contribution < -0.4 is 5.32 Å². The number of likely N-dealkylation sites (tertiary alicyclic amines) is 1. The third-order valence-electron chi connectivity index (χ3n) is 5.99. The van der Waals surface area contributed by atoms with Crippen molar-refractivity contribution in [2.75, 3.05) is 24.7 Å². The van der Waals surface area contributed by atoms with Crippen LogP contribution in [0.2, 0.25) is 0 Å². The summed E-state index contributed by atoms with van der Waals surface area (Å²) >= 11 is 1.73. The van der Waals surface area contributed by atoms with Gasteiger partial charge in [-0.1, -0.05) is 12.8 Å². The van der Waals surface area contributed by atoms with Crippen LogP contribution in [-0.4, -0.2) is 64.5 Å². The SMILES string of the molecule is O=C(C1CSCN1C(=O)C1CCCC1)N1CCC2CCC(C1)N2. The van der Waals surface area contributed by atoms with Crippen molar-refractivity contribution in [2.24, 2.45) is 5.92 Å². The monoisotopic (exact) mass is 337 g/mol. The van der Waals surface area contributed by atoms with E-state index >= 15 is 0 Å². The summed E-state index contributed by atoms with van der Waals surface area (Å²) in [6, 6.07) is 0.830. The molecule has 128 valence electrons. The van der Waals surface area contributed by atoms with Gasteiger partial charge in [0.05, 0.1) is 5.88 Å². The molecule has 4 aliphatic rings. The molecule has 3 unspecified atom stereocenters. The highest BCUT2D eigenvalue weighted by molar-refractivity contribution is 7.99. The molecule has 0 spiro atoms. The van der Waals surface area contributed by atoms with E-state index in [1.54, 1.807) is 11.8 Å². The maximum Gasteiger partial charge on any atom is 0.246 e. The summed E-state index contributed by atoms with van der Waals surface area (Å²) in [4.78, 5) is 29.7. The molecule has 4 rings (SSSR count). The lowest BCUT2D eigenvalue weighted by Crippen LogP contribution is -2.51. The van der Waals surface area contributed by atoms with Crippen LogP contribution in [0.25, 0.3) is 0 Å². The first kappa shape index (κ1) is 15.8. The fourth-order valence-electron chi connectivity index (χ4n) is 4.63. The third-order valence-corrected chi connectivity index (χ3v) is 7.00. The molecular formula is C17H27N3O2S. The standard InChI is InChI=1S/C17H27N3O2S/c21-16(12-3-1-2-4-12)20-11-23-10-15(20)17(22)19-8-7-13-5-6-14(9-19)18-13/h12-15,18H,1-11H2. The number of carbonyl (C=O) groups excluding carboxylic acids is 2. The molecule has 1 N–H and O–H groups in total. The number of fused-ring (bicyclic) bond motifs is 2. The molecule has 3 saturated heterocycles. The first-order chi connectivity index (χ1) is 11.2. The van der Waals surface area contributed by atoms with Gasteiger partial charge in [-0.05, 0) is 32.1 Å². The second kappa shape index (κ2) is 6.63. The Morgan fingerprint density at radius 2 is 1.74 bits per heavy atom. The van der Waals surface area contributed by atoms with Crippen molar-refractivity contribution in [1.29, 1.82) is 0 Å². The topological polar surface area (TPSA) is 52.7 Å². The third kappa shape index (κ3) is 3.12. The number of hydrogen-bond donors (Lipinski definition) is 1. The number of rotatable bonds is 2. The number of nitrogens with zero attached hydrogens (tertiary/aromatic N) is 2. The molecule has 4 fully saturated rings. The minimum atomic E-state index is -0.218. The summed E-state index contributed by atoms with van der Waals surface area (Å²) in [7, 11) is 0. The van der Waals surface area contributed by atoms with Gasteiger partial charge in [0, 0.05) is 36.8 Å². The maximum absolute atomic E-state index is 13.1. The Hall–Kier alpha value is -0.750. The van der Waals surface area contributed by atoms with E-state index in [1.165, 1.54) is 12.8 Å². The molecule has 1 saturated carbocycles. The van der Waals surface area contributed by atoms with Crippen LogP contribution in [0, 0.1) is 5.92 Å². The highest BCUT2D eigenvalue weighted by Gasteiger charge is 2.41. The van der Waals surface area contributed by atoms with Crippen molar-refractivity contribution in [3.63, 3.8) is 0 Å². The van der Waals surface area contributed by atoms with E-state index in [0.29, 0.717) is 18.0 Å². The molecule has 2 bridgehead atoms. The molecule has 2 amide bonds. The van der Waals surface area contributed by atoms with Crippen molar-refractivity contribution in [2.45, 2.75) is 63.1 Å². The summed E-state index contributed by atoms with van der Waals surface area (Å²) in [5.74, 6) is 2.07. The highest BCUT2D eigenvalue weighted by atomic mass is 32.2. The molecule has 0 radical (unpaired) electrons. The van der Waals surface area contributed by atoms with Crippen LogP contribution in [0.1, 0.15) is 44.9 Å². The summed E-state index contributed by atoms with van der Waals surface area (Å²) < 4.78 is 0. The van der Waals surface area contributed by atoms with Crippen molar-refractivity contribution < 1.29 is 9.59 Å². The molecule has 23 heavy (non-hydrogen) atoms. The van der Waals surface area contributed by atoms with Gasteiger partial charge < -0.3 is 15.1 Å². The molecule has 0 aromatic rings. The largest absolute Gasteiger partial charge is 0.339 e. The lowest BCUT2D eigenvalue weighted by molar-refractivity contribution is -0.145. The fourth-order valence-corrected chi connectivity index (χ4v) is 5.78. The summed E-state index contributed by atoms with van der Waals surface area (Å²) in [6.07, 6.45) is 7.83. The van der Waals surface area contributed by atoms with Crippen molar-refractivity contribution >= 4 is 23.6 Å². The van der Waals surface area contributed by atoms with Crippen LogP contribution in [0.5, 0.6) is 0 Å². The van der Waals surface area contributed by atoms with E-state index < -0.39 is 0 Å². The van der Waals surface area contributed by atoms with Crippen LogP contribution in [0.4, 0.5) is 0 Å². The van der Waals surface area contributed by atoms with Crippen molar-refractivity contribution in [3.8, 4) is 0 Å². The zero-order valence-electron chi connectivity index (χ0n) is 13.7. The van der Waals surface area contributed by atoms with Gasteiger partial charge in [-0.2, -0.15) is 0 Å². The van der Waals surface area contributed by atoms with E-state index in [-0.39, 0.29) is 23.8 Å². The fraction of sp³-hybridized carbons (Fsp3) is 0.882. The zero-order valence-corrected chi connectivity index (χ0v) is 14.5. The zero-order chi connectivity index (χ0) is 15.8. The van der Waals surface area contributed by atoms with Gasteiger partial charge in [-0.25, -0.2) is 0 Å². The average Bonchev–Trinajstić information content (AvgIpc) is 3.26. The summed E-state index contributed by atoms with van der Waals surface area (Å²) in [6.45, 7) is 1.67. The second-order valence-electron chi connectivity index (χ2n) is 7.52.